The largest absolute Gasteiger partial charge is 0.494 e. The van der Waals surface area contributed by atoms with Crippen LogP contribution in [0.5, 0.6) is 28.7 Å². The molecule has 20 nitrogen and oxygen atoms in total. The van der Waals surface area contributed by atoms with E-state index in [1.165, 1.54) is 38.5 Å². The fourth-order valence-electron chi connectivity index (χ4n) is 7.59. The Labute approximate surface area is 514 Å². The maximum Gasteiger partial charge on any atom is 0.320 e. The van der Waals surface area contributed by atoms with Gasteiger partial charge in [0.1, 0.15) is 59.0 Å². The van der Waals surface area contributed by atoms with Crippen molar-refractivity contribution in [2.24, 2.45) is 28.7 Å². The molecule has 0 amide bonds. The molecule has 87 heavy (non-hydrogen) atoms. The van der Waals surface area contributed by atoms with Crippen molar-refractivity contribution in [3.05, 3.63) is 149 Å². The summed E-state index contributed by atoms with van der Waals surface area (Å²) >= 11 is 0. The van der Waals surface area contributed by atoms with Gasteiger partial charge < -0.3 is 77.9 Å². The highest BCUT2D eigenvalue weighted by atomic mass is 16.5. The van der Waals surface area contributed by atoms with Crippen molar-refractivity contribution in [3.63, 3.8) is 0 Å². The molecular formula is C67H99N5O15. The van der Waals surface area contributed by atoms with Crippen LogP contribution in [-0.2, 0) is 56.1 Å². The monoisotopic (exact) mass is 1210 g/mol. The summed E-state index contributed by atoms with van der Waals surface area (Å²) in [6.45, 7) is 14.0. The van der Waals surface area contributed by atoms with E-state index < -0.39 is 60.1 Å². The van der Waals surface area contributed by atoms with E-state index >= 15 is 0 Å². The van der Waals surface area contributed by atoms with Crippen molar-refractivity contribution < 1.29 is 73.2 Å². The molecule has 0 heterocycles. The molecule has 15 N–H and O–H groups in total. The Hall–Kier alpha value is -7.75. The highest BCUT2D eigenvalue weighted by molar-refractivity contribution is 5.75. The van der Waals surface area contributed by atoms with Gasteiger partial charge in [-0.1, -0.05) is 140 Å². The van der Waals surface area contributed by atoms with Gasteiger partial charge >= 0.3 is 29.8 Å². The van der Waals surface area contributed by atoms with Crippen LogP contribution in [0, 0.1) is 0 Å². The molecule has 0 spiro atoms. The number of unbranched alkanes of at least 4 members (excludes halogenated alkanes) is 8. The molecular weight excluding hydrogens is 1110 g/mol. The average molecular weight is 1210 g/mol. The first-order valence-electron chi connectivity index (χ1n) is 30.2. The molecule has 0 bridgehead atoms. The lowest BCUT2D eigenvalue weighted by Crippen LogP contribution is -2.32. The predicted molar refractivity (Wildman–Crippen MR) is 340 cm³/mol. The molecule has 0 radical (unpaired) electrons. The van der Waals surface area contributed by atoms with Gasteiger partial charge in [-0.15, -0.1) is 0 Å². The zero-order chi connectivity index (χ0) is 64.8. The van der Waals surface area contributed by atoms with Crippen LogP contribution in [0.2, 0.25) is 0 Å². The molecule has 0 saturated carbocycles. The van der Waals surface area contributed by atoms with Crippen LogP contribution >= 0.6 is 0 Å². The highest BCUT2D eigenvalue weighted by Gasteiger charge is 2.16. The Bertz CT molecular complexity index is 2460. The summed E-state index contributed by atoms with van der Waals surface area (Å²) in [7, 11) is 0. The quantitative estimate of drug-likeness (QED) is 0.0165. The molecule has 20 heteroatoms. The number of carboxylic acid groups (broad SMARTS) is 5. The van der Waals surface area contributed by atoms with Crippen LogP contribution in [-0.4, -0.2) is 119 Å². The Balaban J connectivity index is 0.000000545. The summed E-state index contributed by atoms with van der Waals surface area (Å²) < 4.78 is 27.5. The predicted octanol–water partition coefficient (Wildman–Crippen LogP) is 9.88. The lowest BCUT2D eigenvalue weighted by atomic mass is 10.1. The van der Waals surface area contributed by atoms with Crippen molar-refractivity contribution in [2.45, 2.75) is 174 Å². The lowest BCUT2D eigenvalue weighted by molar-refractivity contribution is -0.139. The third-order valence-electron chi connectivity index (χ3n) is 12.9. The topological polar surface area (TPSA) is 363 Å². The van der Waals surface area contributed by atoms with Crippen LogP contribution in [0.15, 0.2) is 121 Å². The van der Waals surface area contributed by atoms with E-state index in [0.29, 0.717) is 51.9 Å². The van der Waals surface area contributed by atoms with Gasteiger partial charge in [-0.25, -0.2) is 0 Å². The molecule has 5 atom stereocenters. The van der Waals surface area contributed by atoms with Crippen molar-refractivity contribution in [1.29, 1.82) is 0 Å². The number of hydrogen-bond donors (Lipinski definition) is 10. The van der Waals surface area contributed by atoms with E-state index in [9.17, 15) is 24.0 Å². The van der Waals surface area contributed by atoms with Gasteiger partial charge in [-0.3, -0.25) is 24.0 Å². The van der Waals surface area contributed by atoms with Gasteiger partial charge in [0, 0.05) is 0 Å². The smallest absolute Gasteiger partial charge is 0.320 e. The summed E-state index contributed by atoms with van der Waals surface area (Å²) in [6.07, 6.45) is 15.4. The molecule has 5 aromatic rings. The molecule has 0 unspecified atom stereocenters. The standard InChI is InChI=1S/2C15H23NO3.2C13H19NO3.C11H15NO3/c2*1-2-3-4-5-10-19-13-8-6-12(7-9-13)11-14(16)15(17)18;2*1-2-3-8-17-11-6-4-10(5-7-11)9-12(14)13(15)16;1-2-15-9-5-3-8(4-6-9)7-10(12)11(13)14/h2*6-9,14H,2-5,10-11,16H2,1H3,(H,17,18);2*4-7,12H,2-3,8-9,14H2,1H3,(H,15,16);3-6,10H,2,7,12H2,1H3,(H,13,14)/t2*14-;2*12-;10-/m00000/s1. The number of benzene rings is 5. The summed E-state index contributed by atoms with van der Waals surface area (Å²) in [5.74, 6) is -0.839. The number of carbonyl (C=O) groups is 5. The van der Waals surface area contributed by atoms with E-state index in [1.807, 2.05) is 128 Å². The summed E-state index contributed by atoms with van der Waals surface area (Å²) in [5.41, 5.74) is 31.8. The van der Waals surface area contributed by atoms with E-state index in [-0.39, 0.29) is 0 Å². The second-order valence-electron chi connectivity index (χ2n) is 20.6. The summed E-state index contributed by atoms with van der Waals surface area (Å²) in [6, 6.07) is 32.8. The molecule has 0 aliphatic rings. The number of aliphatic carboxylic acids is 5. The molecule has 482 valence electrons. The third-order valence-corrected chi connectivity index (χ3v) is 12.9. The number of ether oxygens (including phenoxy) is 5. The van der Waals surface area contributed by atoms with Gasteiger partial charge in [0.25, 0.3) is 0 Å². The SMILES string of the molecule is CCCCCCOc1ccc(C[C@H](N)C(=O)O)cc1.CCCCCCOc1ccc(C[C@H](N)C(=O)O)cc1.CCCCOc1ccc(C[C@H](N)C(=O)O)cc1.CCCCOc1ccc(C[C@H](N)C(=O)O)cc1.CCOc1ccc(C[C@H](N)C(=O)O)cc1. The number of rotatable bonds is 37. The minimum absolute atomic E-state index is 0.335. The second kappa shape index (κ2) is 47.4. The van der Waals surface area contributed by atoms with Gasteiger partial charge in [0.2, 0.25) is 0 Å². The molecule has 0 aliphatic heterocycles. The van der Waals surface area contributed by atoms with Gasteiger partial charge in [0.05, 0.1) is 33.0 Å². The number of carboxylic acids is 5. The molecule has 0 aliphatic carbocycles. The first-order chi connectivity index (χ1) is 41.7. The van der Waals surface area contributed by atoms with E-state index in [2.05, 4.69) is 27.7 Å². The lowest BCUT2D eigenvalue weighted by Gasteiger charge is -2.09. The average Bonchev–Trinajstić information content (AvgIpc) is 3.72. The fourth-order valence-corrected chi connectivity index (χ4v) is 7.59. The van der Waals surface area contributed by atoms with Crippen LogP contribution in [0.25, 0.3) is 0 Å². The van der Waals surface area contributed by atoms with E-state index in [1.54, 1.807) is 0 Å². The highest BCUT2D eigenvalue weighted by Crippen LogP contribution is 2.18. The molecule has 0 saturated heterocycles. The zero-order valence-corrected chi connectivity index (χ0v) is 51.7. The Morgan fingerprint density at radius 2 is 0.471 bits per heavy atom. The van der Waals surface area contributed by atoms with Crippen molar-refractivity contribution >= 4 is 29.8 Å². The van der Waals surface area contributed by atoms with E-state index in [0.717, 1.165) is 108 Å². The Morgan fingerprint density at radius 1 is 0.287 bits per heavy atom. The van der Waals surface area contributed by atoms with E-state index in [4.69, 9.17) is 77.9 Å². The van der Waals surface area contributed by atoms with Gasteiger partial charge in [-0.2, -0.15) is 0 Å². The Morgan fingerprint density at radius 3 is 0.644 bits per heavy atom. The fraction of sp³-hybridized carbons (Fsp3) is 0.478. The molecule has 0 aromatic heterocycles. The van der Waals surface area contributed by atoms with Gasteiger partial charge in [-0.05, 0) is 153 Å². The van der Waals surface area contributed by atoms with Crippen LogP contribution < -0.4 is 52.4 Å². The van der Waals surface area contributed by atoms with Crippen LogP contribution in [0.1, 0.15) is 139 Å². The number of hydrogen-bond acceptors (Lipinski definition) is 15. The van der Waals surface area contributed by atoms with Gasteiger partial charge in [0.15, 0.2) is 0 Å². The third kappa shape index (κ3) is 38.1. The normalized spacial score (nSPS) is 12.1. The first kappa shape index (κ1) is 77.3. The maximum absolute atomic E-state index is 10.6. The first-order valence-corrected chi connectivity index (χ1v) is 30.2. The Kier molecular flexibility index (Phi) is 42.1. The van der Waals surface area contributed by atoms with Crippen molar-refractivity contribution in [1.82, 2.24) is 0 Å². The minimum atomic E-state index is -0.983. The molecule has 5 rings (SSSR count). The zero-order valence-electron chi connectivity index (χ0n) is 51.7. The summed E-state index contributed by atoms with van der Waals surface area (Å²) in [5, 5.41) is 43.5. The van der Waals surface area contributed by atoms with Crippen molar-refractivity contribution in [3.8, 4) is 28.7 Å². The number of nitrogens with two attached hydrogens (primary N) is 5. The molecule has 0 fully saturated rings. The minimum Gasteiger partial charge on any atom is -0.494 e. The van der Waals surface area contributed by atoms with Crippen LogP contribution in [0.3, 0.4) is 0 Å². The second-order valence-corrected chi connectivity index (χ2v) is 20.6. The van der Waals surface area contributed by atoms with Crippen molar-refractivity contribution in [2.75, 3.05) is 33.0 Å². The van der Waals surface area contributed by atoms with Crippen LogP contribution in [0.4, 0.5) is 0 Å². The summed E-state index contributed by atoms with van der Waals surface area (Å²) in [4.78, 5) is 53.0. The maximum atomic E-state index is 10.6. The molecule has 5 aromatic carbocycles.